The monoisotopic (exact) mass is 229 g/mol. The Morgan fingerprint density at radius 1 is 1.12 bits per heavy atom. The van der Waals surface area contributed by atoms with Gasteiger partial charge >= 0.3 is 0 Å². The van der Waals surface area contributed by atoms with Crippen molar-refractivity contribution in [3.63, 3.8) is 0 Å². The third-order valence-corrected chi connectivity index (χ3v) is 3.00. The first-order chi connectivity index (χ1) is 7.20. The fourth-order valence-electron chi connectivity index (χ4n) is 1.93. The minimum atomic E-state index is 0.00551. The zero-order valence-corrected chi connectivity index (χ0v) is 12.3. The molecule has 16 heavy (non-hydrogen) atoms. The molecule has 0 radical (unpaired) electrons. The Labute approximate surface area is 102 Å². The lowest BCUT2D eigenvalue weighted by atomic mass is 9.85. The lowest BCUT2D eigenvalue weighted by molar-refractivity contribution is 0.0108. The van der Waals surface area contributed by atoms with E-state index in [-0.39, 0.29) is 5.60 Å². The second kappa shape index (κ2) is 6.61. The van der Waals surface area contributed by atoms with Gasteiger partial charge in [0.2, 0.25) is 0 Å². The molecule has 1 atom stereocenters. The van der Waals surface area contributed by atoms with Crippen molar-refractivity contribution in [3.8, 4) is 0 Å². The van der Waals surface area contributed by atoms with Gasteiger partial charge in [0.1, 0.15) is 0 Å². The second-order valence-electron chi connectivity index (χ2n) is 6.52. The van der Waals surface area contributed by atoms with Gasteiger partial charge in [0, 0.05) is 13.2 Å². The molecule has 1 unspecified atom stereocenters. The van der Waals surface area contributed by atoms with E-state index in [1.54, 1.807) is 7.11 Å². The molecule has 0 aromatic carbocycles. The van der Waals surface area contributed by atoms with Gasteiger partial charge in [-0.1, -0.05) is 27.7 Å². The molecule has 0 bridgehead atoms. The number of rotatable bonds is 7. The van der Waals surface area contributed by atoms with Crippen molar-refractivity contribution in [1.82, 2.24) is 5.32 Å². The normalized spacial score (nSPS) is 15.2. The summed E-state index contributed by atoms with van der Waals surface area (Å²) in [5, 5.41) is 3.58. The molecule has 0 saturated carbocycles. The number of ether oxygens (including phenoxy) is 1. The van der Waals surface area contributed by atoms with Gasteiger partial charge in [-0.25, -0.2) is 0 Å². The molecule has 0 aromatic heterocycles. The topological polar surface area (TPSA) is 21.3 Å². The maximum atomic E-state index is 5.47. The largest absolute Gasteiger partial charge is 0.379 e. The molecule has 1 N–H and O–H groups in total. The van der Waals surface area contributed by atoms with Gasteiger partial charge in [0.25, 0.3) is 0 Å². The smallest absolute Gasteiger partial charge is 0.0623 e. The van der Waals surface area contributed by atoms with Gasteiger partial charge in [0.05, 0.1) is 5.60 Å². The van der Waals surface area contributed by atoms with Crippen molar-refractivity contribution in [2.75, 3.05) is 13.7 Å². The zero-order valence-electron chi connectivity index (χ0n) is 12.3. The van der Waals surface area contributed by atoms with Gasteiger partial charge in [-0.05, 0) is 45.1 Å². The molecule has 2 heteroatoms. The highest BCUT2D eigenvalue weighted by Gasteiger charge is 2.22. The number of methoxy groups -OCH3 is 1. The van der Waals surface area contributed by atoms with Gasteiger partial charge < -0.3 is 10.1 Å². The molecule has 0 heterocycles. The van der Waals surface area contributed by atoms with Crippen LogP contribution >= 0.6 is 0 Å². The third-order valence-electron chi connectivity index (χ3n) is 3.00. The van der Waals surface area contributed by atoms with E-state index in [1.807, 2.05) is 0 Å². The van der Waals surface area contributed by atoms with Crippen molar-refractivity contribution >= 4 is 0 Å². The van der Waals surface area contributed by atoms with Crippen molar-refractivity contribution in [2.45, 2.75) is 72.4 Å². The van der Waals surface area contributed by atoms with Crippen molar-refractivity contribution in [3.05, 3.63) is 0 Å². The molecular weight excluding hydrogens is 198 g/mol. The van der Waals surface area contributed by atoms with Crippen LogP contribution in [-0.2, 0) is 4.74 Å². The van der Waals surface area contributed by atoms with Gasteiger partial charge in [-0.15, -0.1) is 0 Å². The quantitative estimate of drug-likeness (QED) is 0.720. The highest BCUT2D eigenvalue weighted by atomic mass is 16.5. The Morgan fingerprint density at radius 3 is 2.06 bits per heavy atom. The fraction of sp³-hybridized carbons (Fsp3) is 1.00. The molecular formula is C14H31NO. The Balaban J connectivity index is 4.14. The van der Waals surface area contributed by atoms with Gasteiger partial charge in [-0.2, -0.15) is 0 Å². The molecule has 0 spiro atoms. The standard InChI is InChI=1S/C14H31NO/c1-8-15-12(11-13(2,3)4)9-10-14(5,6)16-7/h12,15H,8-11H2,1-7H3. The molecule has 0 rings (SSSR count). The number of hydrogen-bond acceptors (Lipinski definition) is 2. The summed E-state index contributed by atoms with van der Waals surface area (Å²) in [5.41, 5.74) is 0.398. The molecule has 0 fully saturated rings. The first-order valence-electron chi connectivity index (χ1n) is 6.49. The van der Waals surface area contributed by atoms with Crippen LogP contribution in [0.4, 0.5) is 0 Å². The summed E-state index contributed by atoms with van der Waals surface area (Å²) >= 11 is 0. The number of nitrogens with one attached hydrogen (secondary N) is 1. The van der Waals surface area contributed by atoms with E-state index in [0.29, 0.717) is 11.5 Å². The number of hydrogen-bond donors (Lipinski definition) is 1. The summed E-state index contributed by atoms with van der Waals surface area (Å²) in [6, 6.07) is 0.611. The predicted molar refractivity (Wildman–Crippen MR) is 71.9 cm³/mol. The van der Waals surface area contributed by atoms with Crippen LogP contribution in [0.3, 0.4) is 0 Å². The van der Waals surface area contributed by atoms with Crippen LogP contribution in [0, 0.1) is 5.41 Å². The van der Waals surface area contributed by atoms with Crippen molar-refractivity contribution < 1.29 is 4.74 Å². The zero-order chi connectivity index (χ0) is 12.8. The third kappa shape index (κ3) is 8.12. The summed E-state index contributed by atoms with van der Waals surface area (Å²) < 4.78 is 5.47. The lowest BCUT2D eigenvalue weighted by Gasteiger charge is -2.30. The van der Waals surface area contributed by atoms with E-state index >= 15 is 0 Å². The Kier molecular flexibility index (Phi) is 6.57. The van der Waals surface area contributed by atoms with Gasteiger partial charge in [-0.3, -0.25) is 0 Å². The van der Waals surface area contributed by atoms with Crippen molar-refractivity contribution in [2.24, 2.45) is 5.41 Å². The predicted octanol–water partition coefficient (Wildman–Crippen LogP) is 3.61. The SMILES string of the molecule is CCNC(CCC(C)(C)OC)CC(C)(C)C. The van der Waals surface area contributed by atoms with E-state index in [9.17, 15) is 0 Å². The fourth-order valence-corrected chi connectivity index (χ4v) is 1.93. The average molecular weight is 229 g/mol. The summed E-state index contributed by atoms with van der Waals surface area (Å²) in [5.74, 6) is 0. The first kappa shape index (κ1) is 15.9. The molecule has 98 valence electrons. The molecule has 0 aliphatic heterocycles. The summed E-state index contributed by atoms with van der Waals surface area (Å²) in [7, 11) is 1.80. The highest BCUT2D eigenvalue weighted by Crippen LogP contribution is 2.25. The highest BCUT2D eigenvalue weighted by molar-refractivity contribution is 4.78. The van der Waals surface area contributed by atoms with E-state index < -0.39 is 0 Å². The molecule has 0 saturated heterocycles. The summed E-state index contributed by atoms with van der Waals surface area (Å²) in [6.45, 7) is 14.5. The summed E-state index contributed by atoms with van der Waals surface area (Å²) in [4.78, 5) is 0. The van der Waals surface area contributed by atoms with Crippen LogP contribution in [0.2, 0.25) is 0 Å². The molecule has 0 amide bonds. The summed E-state index contributed by atoms with van der Waals surface area (Å²) in [6.07, 6.45) is 3.52. The molecule has 0 aromatic rings. The van der Waals surface area contributed by atoms with Crippen LogP contribution in [-0.4, -0.2) is 25.3 Å². The van der Waals surface area contributed by atoms with Crippen LogP contribution in [0.5, 0.6) is 0 Å². The minimum Gasteiger partial charge on any atom is -0.379 e. The van der Waals surface area contributed by atoms with E-state index in [1.165, 1.54) is 12.8 Å². The molecule has 0 aliphatic rings. The maximum absolute atomic E-state index is 5.47. The van der Waals surface area contributed by atoms with Crippen LogP contribution < -0.4 is 5.32 Å². The maximum Gasteiger partial charge on any atom is 0.0623 e. The van der Waals surface area contributed by atoms with E-state index in [2.05, 4.69) is 46.9 Å². The van der Waals surface area contributed by atoms with Crippen LogP contribution in [0.25, 0.3) is 0 Å². The molecule has 2 nitrogen and oxygen atoms in total. The first-order valence-corrected chi connectivity index (χ1v) is 6.49. The Morgan fingerprint density at radius 2 is 1.69 bits per heavy atom. The van der Waals surface area contributed by atoms with Crippen LogP contribution in [0.1, 0.15) is 60.8 Å². The second-order valence-corrected chi connectivity index (χ2v) is 6.52. The van der Waals surface area contributed by atoms with Gasteiger partial charge in [0.15, 0.2) is 0 Å². The van der Waals surface area contributed by atoms with E-state index in [0.717, 1.165) is 13.0 Å². The van der Waals surface area contributed by atoms with Crippen molar-refractivity contribution in [1.29, 1.82) is 0 Å². The minimum absolute atomic E-state index is 0.00551. The van der Waals surface area contributed by atoms with E-state index in [4.69, 9.17) is 4.74 Å². The molecule has 0 aliphatic carbocycles. The lowest BCUT2D eigenvalue weighted by Crippen LogP contribution is -2.35. The average Bonchev–Trinajstić information content (AvgIpc) is 2.13. The van der Waals surface area contributed by atoms with Crippen LogP contribution in [0.15, 0.2) is 0 Å². The Bertz CT molecular complexity index is 182. The Hall–Kier alpha value is -0.0800.